The zero-order chi connectivity index (χ0) is 7.11. The van der Waals surface area contributed by atoms with Crippen molar-refractivity contribution in [3.05, 3.63) is 12.3 Å². The smallest absolute Gasteiger partial charge is 0.152 e. The Labute approximate surface area is 55.4 Å². The molecule has 0 aromatic rings. The van der Waals surface area contributed by atoms with Crippen molar-refractivity contribution in [1.29, 1.82) is 5.26 Å². The average Bonchev–Trinajstić information content (AvgIpc) is 1.80. The lowest BCUT2D eigenvalue weighted by molar-refractivity contribution is 0.564. The van der Waals surface area contributed by atoms with E-state index in [2.05, 4.69) is 11.8 Å². The SMILES string of the molecule is CN(C)/C=C/C#CC#N. The Morgan fingerprint density at radius 3 is 2.56 bits per heavy atom. The summed E-state index contributed by atoms with van der Waals surface area (Å²) in [7, 11) is 3.79. The van der Waals surface area contributed by atoms with E-state index < -0.39 is 0 Å². The predicted molar refractivity (Wildman–Crippen MR) is 36.2 cm³/mol. The minimum absolute atomic E-state index is 1.63. The third-order valence-corrected chi connectivity index (χ3v) is 0.584. The molecule has 0 aromatic carbocycles. The van der Waals surface area contributed by atoms with Gasteiger partial charge in [0.1, 0.15) is 0 Å². The zero-order valence-corrected chi connectivity index (χ0v) is 5.55. The van der Waals surface area contributed by atoms with E-state index in [1.165, 1.54) is 0 Å². The molecule has 0 saturated carbocycles. The highest BCUT2D eigenvalue weighted by Gasteiger charge is 1.69. The summed E-state index contributed by atoms with van der Waals surface area (Å²) < 4.78 is 0. The van der Waals surface area contributed by atoms with Gasteiger partial charge >= 0.3 is 0 Å². The second-order valence-electron chi connectivity index (χ2n) is 1.66. The van der Waals surface area contributed by atoms with Crippen LogP contribution in [0.3, 0.4) is 0 Å². The molecule has 0 N–H and O–H groups in total. The molecule has 0 unspecified atom stereocenters. The van der Waals surface area contributed by atoms with Crippen molar-refractivity contribution in [2.75, 3.05) is 14.1 Å². The van der Waals surface area contributed by atoms with Crippen LogP contribution in [-0.4, -0.2) is 19.0 Å². The molecule has 0 aliphatic rings. The average molecular weight is 120 g/mol. The number of nitriles is 1. The zero-order valence-electron chi connectivity index (χ0n) is 5.55. The summed E-state index contributed by atoms with van der Waals surface area (Å²) in [4.78, 5) is 1.85. The van der Waals surface area contributed by atoms with Crippen molar-refractivity contribution in [3.63, 3.8) is 0 Å². The number of rotatable bonds is 1. The Morgan fingerprint density at radius 2 is 2.11 bits per heavy atom. The van der Waals surface area contributed by atoms with Gasteiger partial charge in [0.05, 0.1) is 0 Å². The van der Waals surface area contributed by atoms with Crippen LogP contribution in [0, 0.1) is 23.2 Å². The van der Waals surface area contributed by atoms with Crippen LogP contribution in [0.2, 0.25) is 0 Å². The molecule has 0 bridgehead atoms. The Balaban J connectivity index is 3.63. The van der Waals surface area contributed by atoms with Gasteiger partial charge < -0.3 is 4.90 Å². The summed E-state index contributed by atoms with van der Waals surface area (Å²) >= 11 is 0. The Bertz CT molecular complexity index is 185. The fraction of sp³-hybridized carbons (Fsp3) is 0.286. The van der Waals surface area contributed by atoms with Crippen molar-refractivity contribution in [3.8, 4) is 17.9 Å². The second kappa shape index (κ2) is 4.74. The van der Waals surface area contributed by atoms with E-state index in [1.54, 1.807) is 18.3 Å². The Morgan fingerprint density at radius 1 is 1.44 bits per heavy atom. The molecule has 2 nitrogen and oxygen atoms in total. The van der Waals surface area contributed by atoms with E-state index in [1.807, 2.05) is 19.0 Å². The molecular weight excluding hydrogens is 112 g/mol. The maximum atomic E-state index is 7.96. The van der Waals surface area contributed by atoms with Gasteiger partial charge in [-0.1, -0.05) is 5.92 Å². The summed E-state index contributed by atoms with van der Waals surface area (Å²) in [5.41, 5.74) is 0. The largest absolute Gasteiger partial charge is 0.383 e. The third kappa shape index (κ3) is 6.59. The topological polar surface area (TPSA) is 27.0 Å². The monoisotopic (exact) mass is 120 g/mol. The van der Waals surface area contributed by atoms with Crippen LogP contribution < -0.4 is 0 Å². The van der Waals surface area contributed by atoms with Crippen molar-refractivity contribution in [2.45, 2.75) is 0 Å². The van der Waals surface area contributed by atoms with Gasteiger partial charge in [0.2, 0.25) is 0 Å². The molecule has 2 heteroatoms. The summed E-state index contributed by atoms with van der Waals surface area (Å²) in [6.07, 6.45) is 3.41. The standard InChI is InChI=1S/C7H8N2/c1-9(2)7-5-3-4-6-8/h5,7H,1-2H3/b7-5+. The van der Waals surface area contributed by atoms with Crippen molar-refractivity contribution < 1.29 is 0 Å². The maximum Gasteiger partial charge on any atom is 0.152 e. The second-order valence-corrected chi connectivity index (χ2v) is 1.66. The lowest BCUT2D eigenvalue weighted by Crippen LogP contribution is -1.99. The molecule has 0 atom stereocenters. The van der Waals surface area contributed by atoms with Gasteiger partial charge in [0, 0.05) is 32.3 Å². The molecule has 0 aliphatic heterocycles. The molecule has 46 valence electrons. The number of hydrogen-bond acceptors (Lipinski definition) is 2. The van der Waals surface area contributed by atoms with E-state index >= 15 is 0 Å². The van der Waals surface area contributed by atoms with Gasteiger partial charge in [0.25, 0.3) is 0 Å². The van der Waals surface area contributed by atoms with Gasteiger partial charge in [-0.15, -0.1) is 0 Å². The van der Waals surface area contributed by atoms with E-state index in [9.17, 15) is 0 Å². The van der Waals surface area contributed by atoms with E-state index in [0.717, 1.165) is 0 Å². The fourth-order valence-corrected chi connectivity index (χ4v) is 0.260. The molecule has 0 radical (unpaired) electrons. The van der Waals surface area contributed by atoms with E-state index in [4.69, 9.17) is 5.26 Å². The van der Waals surface area contributed by atoms with Crippen molar-refractivity contribution in [1.82, 2.24) is 4.90 Å². The van der Waals surface area contributed by atoms with E-state index in [0.29, 0.717) is 0 Å². The highest BCUT2D eigenvalue weighted by Crippen LogP contribution is 1.73. The third-order valence-electron chi connectivity index (χ3n) is 0.584. The van der Waals surface area contributed by atoms with Crippen molar-refractivity contribution in [2.24, 2.45) is 0 Å². The van der Waals surface area contributed by atoms with Gasteiger partial charge in [0.15, 0.2) is 6.07 Å². The van der Waals surface area contributed by atoms with Crippen LogP contribution in [-0.2, 0) is 0 Å². The lowest BCUT2D eigenvalue weighted by Gasteiger charge is -1.99. The first-order chi connectivity index (χ1) is 4.27. The van der Waals surface area contributed by atoms with Gasteiger partial charge in [-0.2, -0.15) is 5.26 Å². The van der Waals surface area contributed by atoms with Gasteiger partial charge in [-0.3, -0.25) is 0 Å². The van der Waals surface area contributed by atoms with Crippen molar-refractivity contribution >= 4 is 0 Å². The number of nitrogens with zero attached hydrogens (tertiary/aromatic N) is 2. The van der Waals surface area contributed by atoms with E-state index in [-0.39, 0.29) is 0 Å². The fourth-order valence-electron chi connectivity index (χ4n) is 0.260. The van der Waals surface area contributed by atoms with Crippen LogP contribution in [0.15, 0.2) is 12.3 Å². The molecule has 0 aromatic heterocycles. The molecule has 0 amide bonds. The number of allylic oxidation sites excluding steroid dienone is 1. The first kappa shape index (κ1) is 7.59. The summed E-state index contributed by atoms with van der Waals surface area (Å²) in [5.74, 6) is 4.78. The first-order valence-corrected chi connectivity index (χ1v) is 2.50. The molecule has 0 heterocycles. The number of hydrogen-bond donors (Lipinski definition) is 0. The molecular formula is C7H8N2. The Hall–Kier alpha value is -1.41. The van der Waals surface area contributed by atoms with Crippen LogP contribution in [0.1, 0.15) is 0 Å². The van der Waals surface area contributed by atoms with Crippen LogP contribution in [0.5, 0.6) is 0 Å². The first-order valence-electron chi connectivity index (χ1n) is 2.50. The van der Waals surface area contributed by atoms with Crippen LogP contribution in [0.4, 0.5) is 0 Å². The molecule has 0 saturated heterocycles. The summed E-state index contributed by atoms with van der Waals surface area (Å²) in [5, 5.41) is 7.96. The summed E-state index contributed by atoms with van der Waals surface area (Å²) in [6.45, 7) is 0. The molecule has 0 fully saturated rings. The molecule has 9 heavy (non-hydrogen) atoms. The summed E-state index contributed by atoms with van der Waals surface area (Å²) in [6, 6.07) is 1.71. The van der Waals surface area contributed by atoms with Crippen LogP contribution in [0.25, 0.3) is 0 Å². The van der Waals surface area contributed by atoms with Gasteiger partial charge in [-0.25, -0.2) is 0 Å². The highest BCUT2D eigenvalue weighted by atomic mass is 15.0. The molecule has 0 aliphatic carbocycles. The lowest BCUT2D eigenvalue weighted by atomic mass is 10.5. The predicted octanol–water partition coefficient (Wildman–Crippen LogP) is 0.589. The minimum Gasteiger partial charge on any atom is -0.383 e. The Kier molecular flexibility index (Phi) is 4.00. The maximum absolute atomic E-state index is 7.96. The molecule has 0 rings (SSSR count). The minimum atomic E-state index is 1.63. The molecule has 0 spiro atoms. The normalized spacial score (nSPS) is 7.67. The van der Waals surface area contributed by atoms with Crippen LogP contribution >= 0.6 is 0 Å². The van der Waals surface area contributed by atoms with Gasteiger partial charge in [-0.05, 0) is 0 Å². The quantitative estimate of drug-likeness (QED) is 0.473. The highest BCUT2D eigenvalue weighted by molar-refractivity contribution is 5.24.